The molecule has 4 fully saturated rings. The number of hydrogen-bond acceptors (Lipinski definition) is 7. The predicted octanol–water partition coefficient (Wildman–Crippen LogP) is 5.41. The molecule has 2 heterocycles. The third-order valence-corrected chi connectivity index (χ3v) is 12.0. The number of amides is 2. The fourth-order valence-corrected chi connectivity index (χ4v) is 9.05. The lowest BCUT2D eigenvalue weighted by Gasteiger charge is -2.38. The molecule has 10 heteroatoms. The van der Waals surface area contributed by atoms with Crippen LogP contribution in [0.25, 0.3) is 0 Å². The number of aliphatic hydroxyl groups is 1. The maximum Gasteiger partial charge on any atom is 0.248 e. The molecule has 1 aromatic rings. The van der Waals surface area contributed by atoms with Gasteiger partial charge in [0.15, 0.2) is 17.3 Å². The summed E-state index contributed by atoms with van der Waals surface area (Å²) in [4.78, 5) is 85.7. The Balaban J connectivity index is 1.36. The molecule has 1 unspecified atom stereocenters. The summed E-state index contributed by atoms with van der Waals surface area (Å²) >= 11 is 0. The van der Waals surface area contributed by atoms with E-state index in [0.29, 0.717) is 25.3 Å². The second kappa shape index (κ2) is 16.5. The Morgan fingerprint density at radius 3 is 2.32 bits per heavy atom. The number of pyridine rings is 1. The average Bonchev–Trinajstić information content (AvgIpc) is 3.65. The molecule has 4 aliphatic rings. The van der Waals surface area contributed by atoms with Gasteiger partial charge in [0, 0.05) is 37.8 Å². The maximum absolute atomic E-state index is 14.7. The molecule has 50 heavy (non-hydrogen) atoms. The summed E-state index contributed by atoms with van der Waals surface area (Å²) in [5.74, 6) is -1.86. The highest BCUT2D eigenvalue weighted by molar-refractivity contribution is 5.98. The molecule has 0 bridgehead atoms. The summed E-state index contributed by atoms with van der Waals surface area (Å²) in [6.45, 7) is 8.13. The molecule has 3 saturated carbocycles. The zero-order chi connectivity index (χ0) is 36.2. The van der Waals surface area contributed by atoms with Crippen LogP contribution >= 0.6 is 0 Å². The summed E-state index contributed by atoms with van der Waals surface area (Å²) < 4.78 is 0. The largest absolute Gasteiger partial charge is 0.385 e. The topological polar surface area (TPSA) is 154 Å². The van der Waals surface area contributed by atoms with Crippen molar-refractivity contribution in [3.05, 3.63) is 34.2 Å². The van der Waals surface area contributed by atoms with E-state index in [1.807, 2.05) is 27.7 Å². The zero-order valence-corrected chi connectivity index (χ0v) is 30.6. The van der Waals surface area contributed by atoms with E-state index < -0.39 is 35.4 Å². The smallest absolute Gasteiger partial charge is 0.248 e. The van der Waals surface area contributed by atoms with Crippen molar-refractivity contribution in [2.24, 2.45) is 40.9 Å². The Morgan fingerprint density at radius 1 is 0.960 bits per heavy atom. The normalized spacial score (nSPS) is 25.0. The van der Waals surface area contributed by atoms with E-state index in [1.165, 1.54) is 12.1 Å². The monoisotopic (exact) mass is 693 g/mol. The van der Waals surface area contributed by atoms with Crippen molar-refractivity contribution < 1.29 is 29.1 Å². The summed E-state index contributed by atoms with van der Waals surface area (Å²) in [7, 11) is 0. The second-order valence-corrected chi connectivity index (χ2v) is 16.9. The Bertz CT molecular complexity index is 1450. The first-order valence-corrected chi connectivity index (χ1v) is 19.3. The summed E-state index contributed by atoms with van der Waals surface area (Å²) in [5.41, 5.74) is -0.909. The van der Waals surface area contributed by atoms with Crippen LogP contribution in [0.4, 0.5) is 0 Å². The van der Waals surface area contributed by atoms with Crippen LogP contribution in [0.5, 0.6) is 0 Å². The quantitative estimate of drug-likeness (QED) is 0.196. The van der Waals surface area contributed by atoms with E-state index in [1.54, 1.807) is 11.0 Å². The van der Waals surface area contributed by atoms with Crippen molar-refractivity contribution in [2.75, 3.05) is 6.54 Å². The highest BCUT2D eigenvalue weighted by Crippen LogP contribution is 2.44. The van der Waals surface area contributed by atoms with Crippen molar-refractivity contribution >= 4 is 29.2 Å². The lowest BCUT2D eigenvalue weighted by molar-refractivity contribution is -0.145. The van der Waals surface area contributed by atoms with Gasteiger partial charge in [-0.3, -0.25) is 28.8 Å². The molecule has 3 aliphatic carbocycles. The number of ketones is 3. The van der Waals surface area contributed by atoms with Crippen LogP contribution in [0.15, 0.2) is 23.0 Å². The summed E-state index contributed by atoms with van der Waals surface area (Å²) in [5, 5.41) is 14.2. The number of hydrogen-bond donors (Lipinski definition) is 3. The van der Waals surface area contributed by atoms with Crippen LogP contribution < -0.4 is 10.9 Å². The molecule has 10 nitrogen and oxygen atoms in total. The van der Waals surface area contributed by atoms with Crippen LogP contribution in [0.3, 0.4) is 0 Å². The predicted molar refractivity (Wildman–Crippen MR) is 190 cm³/mol. The number of carbonyl (C=O) groups excluding carboxylic acids is 5. The number of fused-ring (bicyclic) bond motifs is 1. The average molecular weight is 694 g/mol. The van der Waals surface area contributed by atoms with E-state index >= 15 is 0 Å². The molecule has 5 rings (SSSR count). The van der Waals surface area contributed by atoms with Gasteiger partial charge in [-0.25, -0.2) is 0 Å². The molecular weight excluding hydrogens is 634 g/mol. The van der Waals surface area contributed by atoms with Gasteiger partial charge in [-0.2, -0.15) is 0 Å². The van der Waals surface area contributed by atoms with Crippen molar-refractivity contribution in [1.82, 2.24) is 15.2 Å². The first-order valence-electron chi connectivity index (χ1n) is 19.3. The molecule has 2 amide bonds. The Morgan fingerprint density at radius 2 is 1.68 bits per heavy atom. The molecule has 3 N–H and O–H groups in total. The lowest BCUT2D eigenvalue weighted by Crippen LogP contribution is -2.58. The third kappa shape index (κ3) is 9.20. The van der Waals surface area contributed by atoms with Crippen molar-refractivity contribution in [2.45, 2.75) is 142 Å². The molecule has 276 valence electrons. The number of aliphatic hydroxyl groups excluding tert-OH is 1. The molecule has 0 spiro atoms. The number of rotatable bonds is 16. The molecule has 0 radical (unpaired) electrons. The lowest BCUT2D eigenvalue weighted by atomic mass is 9.76. The first kappa shape index (κ1) is 38.1. The number of likely N-dealkylation sites (tertiary alicyclic amines) is 1. The van der Waals surface area contributed by atoms with Crippen molar-refractivity contribution in [1.29, 1.82) is 0 Å². The molecule has 1 saturated heterocycles. The Kier molecular flexibility index (Phi) is 12.5. The van der Waals surface area contributed by atoms with E-state index in [2.05, 4.69) is 10.3 Å². The molecule has 7 atom stereocenters. The van der Waals surface area contributed by atoms with Gasteiger partial charge in [0.2, 0.25) is 17.4 Å². The minimum Gasteiger partial charge on any atom is -0.385 e. The second-order valence-electron chi connectivity index (χ2n) is 16.9. The van der Waals surface area contributed by atoms with Gasteiger partial charge in [0.05, 0.1) is 11.7 Å². The first-order chi connectivity index (χ1) is 23.8. The van der Waals surface area contributed by atoms with Gasteiger partial charge in [0.1, 0.15) is 12.1 Å². The molecule has 1 aliphatic heterocycles. The third-order valence-electron chi connectivity index (χ3n) is 12.0. The van der Waals surface area contributed by atoms with E-state index in [-0.39, 0.29) is 71.0 Å². The van der Waals surface area contributed by atoms with Crippen molar-refractivity contribution in [3.63, 3.8) is 0 Å². The highest BCUT2D eigenvalue weighted by Gasteiger charge is 2.52. The fourth-order valence-electron chi connectivity index (χ4n) is 9.05. The highest BCUT2D eigenvalue weighted by atomic mass is 16.3. The number of Topliss-reactive ketones (excluding diaryl/α,β-unsaturated/α-hetero) is 3. The van der Waals surface area contributed by atoms with Crippen LogP contribution in [0.2, 0.25) is 0 Å². The number of nitrogens with zero attached hydrogens (tertiary/aromatic N) is 1. The summed E-state index contributed by atoms with van der Waals surface area (Å²) in [6, 6.07) is 2.82. The zero-order valence-electron chi connectivity index (χ0n) is 30.6. The fraction of sp³-hybridized carbons (Fsp3) is 0.750. The SMILES string of the molecule is CCC[C@H](CC(=O)[C@@H]1[C@H]2CCC[C@H]2CN1C(=O)[C@@H](NC(=O)[C@@H](CC(=O)c1cccc(=O)[nH]1)C1CCCCC1)C(C)(C)C)C(O)C(=O)CC1CC1. The maximum atomic E-state index is 14.7. The Labute approximate surface area is 296 Å². The van der Waals surface area contributed by atoms with E-state index in [9.17, 15) is 33.9 Å². The van der Waals surface area contributed by atoms with E-state index in [0.717, 1.165) is 70.6 Å². The number of H-pyrrole nitrogens is 1. The van der Waals surface area contributed by atoms with Gasteiger partial charge in [-0.15, -0.1) is 0 Å². The Hall–Kier alpha value is -3.14. The van der Waals surface area contributed by atoms with Crippen LogP contribution in [0, 0.1) is 40.9 Å². The summed E-state index contributed by atoms with van der Waals surface area (Å²) in [6.07, 6.45) is 9.84. The van der Waals surface area contributed by atoms with Gasteiger partial charge < -0.3 is 20.3 Å². The molecule has 1 aromatic heterocycles. The number of carbonyl (C=O) groups is 5. The minimum atomic E-state index is -1.18. The van der Waals surface area contributed by atoms with Gasteiger partial charge >= 0.3 is 0 Å². The van der Waals surface area contributed by atoms with Gasteiger partial charge in [0.25, 0.3) is 0 Å². The van der Waals surface area contributed by atoms with Crippen LogP contribution in [-0.4, -0.2) is 68.9 Å². The van der Waals surface area contributed by atoms with Crippen molar-refractivity contribution in [3.8, 4) is 0 Å². The van der Waals surface area contributed by atoms with Gasteiger partial charge in [-0.1, -0.05) is 65.9 Å². The van der Waals surface area contributed by atoms with Crippen LogP contribution in [0.1, 0.15) is 134 Å². The van der Waals surface area contributed by atoms with E-state index in [4.69, 9.17) is 0 Å². The minimum absolute atomic E-state index is 0.0185. The standard InChI is InChI=1S/C40H59N3O7/c1-5-11-26(36(48)33(46)20-24-18-19-24)21-32(45)35-28-15-9-14-27(28)23-43(35)39(50)37(40(2,3)4)42-38(49)29(25-12-7-6-8-13-25)22-31(44)30-16-10-17-34(47)41-30/h10,16-17,24-29,35-37,48H,5-9,11-15,18-23H2,1-4H3,(H,41,47)(H,42,49)/t26-,27+,28+,29+,35+,36?,37-/m1/s1. The number of nitrogens with one attached hydrogen (secondary N) is 2. The number of aromatic amines is 1. The van der Waals surface area contributed by atoms with Crippen LogP contribution in [-0.2, 0) is 19.2 Å². The van der Waals surface area contributed by atoms with Gasteiger partial charge in [-0.05, 0) is 86.0 Å². The molecule has 0 aromatic carbocycles. The molecular formula is C40H59N3O7. The number of aromatic nitrogens is 1.